The van der Waals surface area contributed by atoms with Crippen LogP contribution in [0.15, 0.2) is 6.33 Å². The van der Waals surface area contributed by atoms with Crippen LogP contribution < -0.4 is 10.1 Å². The monoisotopic (exact) mass is 411 g/mol. The fourth-order valence-corrected chi connectivity index (χ4v) is 3.57. The van der Waals surface area contributed by atoms with E-state index in [9.17, 15) is 9.90 Å². The number of carbonyl (C=O) groups is 1. The number of anilines is 1. The molecule has 12 heteroatoms. The Hall–Kier alpha value is -1.99. The van der Waals surface area contributed by atoms with Crippen molar-refractivity contribution in [2.24, 2.45) is 5.92 Å². The van der Waals surface area contributed by atoms with Gasteiger partial charge in [0.05, 0.1) is 19.5 Å². The summed E-state index contributed by atoms with van der Waals surface area (Å²) in [6.45, 7) is 6.02. The number of hydrogen-bond acceptors (Lipinski definition) is 10. The minimum atomic E-state index is -0.946. The number of carbonyl (C=O) groups excluding carboxylic acids is 1. The second kappa shape index (κ2) is 7.79. The summed E-state index contributed by atoms with van der Waals surface area (Å²) in [6.07, 6.45) is -1.17. The number of ether oxygens (including phenoxy) is 2. The summed E-state index contributed by atoms with van der Waals surface area (Å²) in [5.74, 6) is -0.127. The van der Waals surface area contributed by atoms with Crippen LogP contribution in [0.2, 0.25) is 0 Å². The SMILES string of the molecule is CCOc1nc(NC(=O)C(C)C)nc2c1ncn2[C@@H]1O[C@@H]2COSO[C@H]2[C@H]1O. The van der Waals surface area contributed by atoms with Crippen LogP contribution in [0, 0.1) is 5.92 Å². The van der Waals surface area contributed by atoms with Crippen LogP contribution in [0.25, 0.3) is 11.2 Å². The number of aliphatic hydroxyl groups excluding tert-OH is 1. The Morgan fingerprint density at radius 2 is 2.32 bits per heavy atom. The number of fused-ring (bicyclic) bond motifs is 2. The van der Waals surface area contributed by atoms with Crippen LogP contribution in [0.4, 0.5) is 5.95 Å². The van der Waals surface area contributed by atoms with Gasteiger partial charge < -0.3 is 14.6 Å². The highest BCUT2D eigenvalue weighted by atomic mass is 32.2. The fraction of sp³-hybridized carbons (Fsp3) is 0.625. The number of amides is 1. The van der Waals surface area contributed by atoms with Crippen molar-refractivity contribution in [2.45, 2.75) is 45.3 Å². The number of nitrogens with one attached hydrogen (secondary N) is 1. The van der Waals surface area contributed by atoms with Crippen LogP contribution >= 0.6 is 12.3 Å². The van der Waals surface area contributed by atoms with Crippen LogP contribution in [-0.2, 0) is 17.9 Å². The molecule has 28 heavy (non-hydrogen) atoms. The Morgan fingerprint density at radius 1 is 1.50 bits per heavy atom. The van der Waals surface area contributed by atoms with Gasteiger partial charge in [0.1, 0.15) is 18.3 Å². The van der Waals surface area contributed by atoms with Gasteiger partial charge in [0, 0.05) is 5.92 Å². The molecule has 2 aromatic heterocycles. The van der Waals surface area contributed by atoms with Crippen molar-refractivity contribution in [3.63, 3.8) is 0 Å². The summed E-state index contributed by atoms with van der Waals surface area (Å²) in [5.41, 5.74) is 0.774. The maximum absolute atomic E-state index is 12.1. The lowest BCUT2D eigenvalue weighted by molar-refractivity contribution is -0.118. The second-order valence-corrected chi connectivity index (χ2v) is 7.29. The molecule has 0 aromatic carbocycles. The fourth-order valence-electron chi connectivity index (χ4n) is 2.99. The molecular weight excluding hydrogens is 390 g/mol. The van der Waals surface area contributed by atoms with E-state index in [1.165, 1.54) is 6.33 Å². The predicted octanol–water partition coefficient (Wildman–Crippen LogP) is 1.06. The number of rotatable bonds is 5. The van der Waals surface area contributed by atoms with Gasteiger partial charge >= 0.3 is 0 Å². The van der Waals surface area contributed by atoms with Crippen molar-refractivity contribution in [3.8, 4) is 5.88 Å². The molecule has 0 aliphatic carbocycles. The average molecular weight is 411 g/mol. The summed E-state index contributed by atoms with van der Waals surface area (Å²) < 4.78 is 23.6. The molecule has 2 N–H and O–H groups in total. The highest BCUT2D eigenvalue weighted by Gasteiger charge is 2.48. The molecule has 0 saturated carbocycles. The van der Waals surface area contributed by atoms with E-state index in [0.717, 1.165) is 12.3 Å². The van der Waals surface area contributed by atoms with Gasteiger partial charge in [0.2, 0.25) is 17.7 Å². The molecule has 4 atom stereocenters. The highest BCUT2D eigenvalue weighted by molar-refractivity contribution is 7.89. The number of nitrogens with zero attached hydrogens (tertiary/aromatic N) is 4. The van der Waals surface area contributed by atoms with E-state index in [1.807, 2.05) is 6.92 Å². The molecule has 0 unspecified atom stereocenters. The second-order valence-electron chi connectivity index (χ2n) is 6.72. The average Bonchev–Trinajstić information content (AvgIpc) is 3.23. The van der Waals surface area contributed by atoms with Gasteiger partial charge in [-0.1, -0.05) is 13.8 Å². The zero-order valence-corrected chi connectivity index (χ0v) is 16.4. The summed E-state index contributed by atoms with van der Waals surface area (Å²) in [5, 5.41) is 13.3. The lowest BCUT2D eigenvalue weighted by Gasteiger charge is -2.22. The molecule has 4 heterocycles. The quantitative estimate of drug-likeness (QED) is 0.689. The zero-order valence-electron chi connectivity index (χ0n) is 15.6. The Kier molecular flexibility index (Phi) is 5.38. The lowest BCUT2D eigenvalue weighted by Crippen LogP contribution is -2.37. The molecule has 152 valence electrons. The number of aliphatic hydroxyl groups is 1. The van der Waals surface area contributed by atoms with Crippen molar-refractivity contribution in [2.75, 3.05) is 18.5 Å². The third-order valence-electron chi connectivity index (χ3n) is 4.44. The molecule has 1 amide bonds. The van der Waals surface area contributed by atoms with Crippen molar-refractivity contribution in [1.82, 2.24) is 19.5 Å². The third kappa shape index (κ3) is 3.42. The Bertz CT molecular complexity index is 877. The first-order valence-electron chi connectivity index (χ1n) is 8.96. The van der Waals surface area contributed by atoms with E-state index in [1.54, 1.807) is 18.4 Å². The van der Waals surface area contributed by atoms with Crippen molar-refractivity contribution < 1.29 is 27.7 Å². The molecule has 2 saturated heterocycles. The van der Waals surface area contributed by atoms with Gasteiger partial charge in [0.25, 0.3) is 0 Å². The summed E-state index contributed by atoms with van der Waals surface area (Å²) in [4.78, 5) is 25.0. The maximum Gasteiger partial charge on any atom is 0.247 e. The van der Waals surface area contributed by atoms with Gasteiger partial charge in [-0.3, -0.25) is 23.0 Å². The van der Waals surface area contributed by atoms with Gasteiger partial charge in [-0.05, 0) is 6.92 Å². The van der Waals surface area contributed by atoms with Crippen molar-refractivity contribution >= 4 is 35.3 Å². The van der Waals surface area contributed by atoms with Crippen LogP contribution in [0.3, 0.4) is 0 Å². The largest absolute Gasteiger partial charge is 0.476 e. The lowest BCUT2D eigenvalue weighted by atomic mass is 10.1. The smallest absolute Gasteiger partial charge is 0.247 e. The number of imidazole rings is 1. The van der Waals surface area contributed by atoms with Crippen LogP contribution in [-0.4, -0.2) is 62.1 Å². The minimum absolute atomic E-state index is 0.0939. The molecule has 4 rings (SSSR count). The molecule has 2 fully saturated rings. The van der Waals surface area contributed by atoms with E-state index >= 15 is 0 Å². The Morgan fingerprint density at radius 3 is 3.04 bits per heavy atom. The van der Waals surface area contributed by atoms with E-state index < -0.39 is 24.5 Å². The summed E-state index contributed by atoms with van der Waals surface area (Å²) in [7, 11) is 0. The van der Waals surface area contributed by atoms with Crippen molar-refractivity contribution in [3.05, 3.63) is 6.33 Å². The molecular formula is C16H21N5O6S. The van der Waals surface area contributed by atoms with Crippen LogP contribution in [0.5, 0.6) is 5.88 Å². The molecule has 0 bridgehead atoms. The number of aromatic nitrogens is 4. The topological polar surface area (TPSA) is 130 Å². The molecule has 11 nitrogen and oxygen atoms in total. The first-order valence-corrected chi connectivity index (χ1v) is 9.63. The van der Waals surface area contributed by atoms with Gasteiger partial charge in [0.15, 0.2) is 29.7 Å². The first-order chi connectivity index (χ1) is 13.5. The van der Waals surface area contributed by atoms with Crippen LogP contribution in [0.1, 0.15) is 27.0 Å². The Labute approximate surface area is 165 Å². The van der Waals surface area contributed by atoms with E-state index in [2.05, 4.69) is 20.3 Å². The van der Waals surface area contributed by atoms with Gasteiger partial charge in [-0.2, -0.15) is 9.97 Å². The first kappa shape index (κ1) is 19.3. The van der Waals surface area contributed by atoms with E-state index in [0.29, 0.717) is 24.4 Å². The maximum atomic E-state index is 12.1. The Balaban J connectivity index is 1.73. The van der Waals surface area contributed by atoms with Gasteiger partial charge in [-0.25, -0.2) is 4.98 Å². The molecule has 2 aromatic rings. The normalized spacial score (nSPS) is 27.2. The molecule has 0 spiro atoms. The van der Waals surface area contributed by atoms with Crippen molar-refractivity contribution in [1.29, 1.82) is 0 Å². The van der Waals surface area contributed by atoms with Gasteiger partial charge in [-0.15, -0.1) is 0 Å². The standard InChI is InChI=1S/C16H21N5O6S/c1-4-24-14-9-12(18-16(20-14)19-13(23)7(2)3)21(6-17-9)15-10(22)11-8(26-15)5-25-28-27-11/h6-8,10-11,15,22H,4-5H2,1-3H3,(H,18,19,20,23)/t8-,10-,11-,15-/m1/s1. The minimum Gasteiger partial charge on any atom is -0.476 e. The van der Waals surface area contributed by atoms with E-state index in [-0.39, 0.29) is 23.7 Å². The summed E-state index contributed by atoms with van der Waals surface area (Å²) >= 11 is 0.841. The zero-order chi connectivity index (χ0) is 19.8. The molecule has 2 aliphatic rings. The predicted molar refractivity (Wildman–Crippen MR) is 98.3 cm³/mol. The van der Waals surface area contributed by atoms with E-state index in [4.69, 9.17) is 17.8 Å². The third-order valence-corrected chi connectivity index (χ3v) is 4.98. The molecule has 2 aliphatic heterocycles. The molecule has 0 radical (unpaired) electrons. The summed E-state index contributed by atoms with van der Waals surface area (Å²) in [6, 6.07) is 0. The number of hydrogen-bond donors (Lipinski definition) is 2. The highest BCUT2D eigenvalue weighted by Crippen LogP contribution is 2.38.